The number of aryl methyl sites for hydroxylation is 1. The molecule has 0 atom stereocenters. The second-order valence-electron chi connectivity index (χ2n) is 9.16. The van der Waals surface area contributed by atoms with Crippen molar-refractivity contribution in [3.8, 4) is 33.6 Å². The molecule has 0 fully saturated rings. The number of furan rings is 1. The molecule has 0 amide bonds. The van der Waals surface area contributed by atoms with Gasteiger partial charge in [0.1, 0.15) is 5.58 Å². The first-order valence-electron chi connectivity index (χ1n) is 13.1. The quantitative estimate of drug-likeness (QED) is 0.173. The van der Waals surface area contributed by atoms with Gasteiger partial charge in [-0.1, -0.05) is 79.0 Å². The van der Waals surface area contributed by atoms with Gasteiger partial charge in [-0.15, -0.1) is 59.7 Å². The number of hydrogen-bond donors (Lipinski definition) is 0. The van der Waals surface area contributed by atoms with Gasteiger partial charge in [0.25, 0.3) is 0 Å². The first-order valence-corrected chi connectivity index (χ1v) is 13.1. The molecule has 0 aliphatic carbocycles. The Hall–Kier alpha value is -4.37. The Morgan fingerprint density at radius 3 is 2.25 bits per heavy atom. The average molecular weight is 695 g/mol. The van der Waals surface area contributed by atoms with E-state index in [0.29, 0.717) is 0 Å². The zero-order chi connectivity index (χ0) is 26.4. The fourth-order valence-corrected chi connectivity index (χ4v) is 4.71. The van der Waals surface area contributed by atoms with Gasteiger partial charge in [0, 0.05) is 43.4 Å². The van der Waals surface area contributed by atoms with Crippen LogP contribution in [-0.2, 0) is 26.5 Å². The molecule has 4 aromatic carbocycles. The van der Waals surface area contributed by atoms with Gasteiger partial charge < -0.3 is 14.4 Å². The van der Waals surface area contributed by atoms with E-state index in [0.717, 1.165) is 50.9 Å². The predicted molar refractivity (Wildman–Crippen MR) is 159 cm³/mol. The largest absolute Gasteiger partial charge is 0.500 e. The molecular formula is C36H26IrN2O-2. The first-order chi connectivity index (χ1) is 19.3. The molecule has 197 valence electrons. The minimum absolute atomic E-state index is 0. The molecule has 0 unspecified atom stereocenters. The smallest absolute Gasteiger partial charge is 0.120 e. The summed E-state index contributed by atoms with van der Waals surface area (Å²) in [5.74, 6) is 0. The molecule has 0 saturated heterocycles. The molecular weight excluding hydrogens is 669 g/mol. The van der Waals surface area contributed by atoms with Crippen LogP contribution in [0.1, 0.15) is 12.5 Å². The Labute approximate surface area is 247 Å². The summed E-state index contributed by atoms with van der Waals surface area (Å²) in [6, 6.07) is 44.9. The van der Waals surface area contributed by atoms with Gasteiger partial charge in [0.2, 0.25) is 0 Å². The fourth-order valence-electron chi connectivity index (χ4n) is 4.71. The molecule has 0 aliphatic heterocycles. The van der Waals surface area contributed by atoms with Crippen molar-refractivity contribution in [2.24, 2.45) is 0 Å². The molecule has 0 aliphatic rings. The monoisotopic (exact) mass is 695 g/mol. The first kappa shape index (κ1) is 27.2. The van der Waals surface area contributed by atoms with E-state index in [1.165, 1.54) is 16.7 Å². The molecule has 0 saturated carbocycles. The number of para-hydroxylation sites is 1. The summed E-state index contributed by atoms with van der Waals surface area (Å²) in [6.45, 7) is 2.18. The van der Waals surface area contributed by atoms with Crippen LogP contribution in [0.4, 0.5) is 0 Å². The zero-order valence-electron chi connectivity index (χ0n) is 22.0. The van der Waals surface area contributed by atoms with Gasteiger partial charge in [-0.25, -0.2) is 0 Å². The van der Waals surface area contributed by atoms with E-state index in [9.17, 15) is 0 Å². The molecule has 0 bridgehead atoms. The molecule has 3 aromatic heterocycles. The Kier molecular flexibility index (Phi) is 8.61. The third-order valence-corrected chi connectivity index (χ3v) is 6.69. The van der Waals surface area contributed by atoms with Gasteiger partial charge in [-0.3, -0.25) is 0 Å². The maximum absolute atomic E-state index is 5.79. The summed E-state index contributed by atoms with van der Waals surface area (Å²) in [7, 11) is 0. The standard InChI is InChI=1S/C19H16N.C17H10NO.Ir/c1-2-15-13-19(17-11-7-4-8-12-17)20-14-18(15)16-9-5-3-6-10-16;1-2-7-16-13(5-1)14-11-12(8-9-17(14)19-16)15-6-3-4-10-18-15;/h3-11,13-14H,2H2,1H3;1-7,9-11H;/q2*-1;. The van der Waals surface area contributed by atoms with Gasteiger partial charge in [0.05, 0.1) is 5.58 Å². The van der Waals surface area contributed by atoms with Crippen LogP contribution in [0.3, 0.4) is 0 Å². The van der Waals surface area contributed by atoms with Crippen molar-refractivity contribution < 1.29 is 24.5 Å². The molecule has 40 heavy (non-hydrogen) atoms. The SMILES string of the molecule is CCc1cc(-c2[c-]cccc2)ncc1-c1ccccc1.[Ir].[c-]1cc2oc3ccccc3c2cc1-c1ccccn1. The van der Waals surface area contributed by atoms with Gasteiger partial charge >= 0.3 is 0 Å². The van der Waals surface area contributed by atoms with E-state index >= 15 is 0 Å². The van der Waals surface area contributed by atoms with E-state index in [1.807, 2.05) is 79.0 Å². The van der Waals surface area contributed by atoms with Crippen LogP contribution in [0.25, 0.3) is 55.6 Å². The van der Waals surface area contributed by atoms with Crippen molar-refractivity contribution in [1.82, 2.24) is 9.97 Å². The summed E-state index contributed by atoms with van der Waals surface area (Å²) in [6.07, 6.45) is 4.76. The number of benzene rings is 4. The maximum atomic E-state index is 5.79. The van der Waals surface area contributed by atoms with E-state index in [-0.39, 0.29) is 20.1 Å². The van der Waals surface area contributed by atoms with E-state index in [4.69, 9.17) is 4.42 Å². The third-order valence-electron chi connectivity index (χ3n) is 6.69. The molecule has 7 aromatic rings. The summed E-state index contributed by atoms with van der Waals surface area (Å²) in [4.78, 5) is 8.96. The molecule has 0 spiro atoms. The predicted octanol–water partition coefficient (Wildman–Crippen LogP) is 9.22. The summed E-state index contributed by atoms with van der Waals surface area (Å²) in [5.41, 5.74) is 9.47. The molecule has 3 heterocycles. The number of fused-ring (bicyclic) bond motifs is 3. The van der Waals surface area contributed by atoms with Gasteiger partial charge in [-0.2, -0.15) is 0 Å². The number of aromatic nitrogens is 2. The Bertz CT molecular complexity index is 1830. The molecule has 7 rings (SSSR count). The number of pyridine rings is 2. The summed E-state index contributed by atoms with van der Waals surface area (Å²) < 4.78 is 5.79. The zero-order valence-corrected chi connectivity index (χ0v) is 24.4. The average Bonchev–Trinajstić information content (AvgIpc) is 3.40. The van der Waals surface area contributed by atoms with Crippen LogP contribution >= 0.6 is 0 Å². The molecule has 0 N–H and O–H groups in total. The summed E-state index contributed by atoms with van der Waals surface area (Å²) >= 11 is 0. The Balaban J connectivity index is 0.000000157. The molecule has 1 radical (unpaired) electrons. The van der Waals surface area contributed by atoms with Crippen LogP contribution in [0, 0.1) is 12.1 Å². The number of nitrogens with zero attached hydrogens (tertiary/aromatic N) is 2. The molecule has 4 heteroatoms. The summed E-state index contributed by atoms with van der Waals surface area (Å²) in [5, 5.41) is 2.23. The van der Waals surface area contributed by atoms with E-state index in [1.54, 1.807) is 6.20 Å². The van der Waals surface area contributed by atoms with Crippen molar-refractivity contribution in [3.63, 3.8) is 0 Å². The van der Waals surface area contributed by atoms with Crippen LogP contribution < -0.4 is 0 Å². The van der Waals surface area contributed by atoms with Crippen molar-refractivity contribution in [2.45, 2.75) is 13.3 Å². The second kappa shape index (κ2) is 12.7. The minimum atomic E-state index is 0. The van der Waals surface area contributed by atoms with E-state index < -0.39 is 0 Å². The second-order valence-corrected chi connectivity index (χ2v) is 9.16. The topological polar surface area (TPSA) is 38.9 Å². The van der Waals surface area contributed by atoms with Crippen molar-refractivity contribution in [2.75, 3.05) is 0 Å². The Morgan fingerprint density at radius 1 is 0.675 bits per heavy atom. The maximum Gasteiger partial charge on any atom is 0.120 e. The number of hydrogen-bond acceptors (Lipinski definition) is 3. The van der Waals surface area contributed by atoms with Crippen molar-refractivity contribution in [3.05, 3.63) is 145 Å². The van der Waals surface area contributed by atoms with Gasteiger partial charge in [-0.05, 0) is 41.1 Å². The molecule has 3 nitrogen and oxygen atoms in total. The van der Waals surface area contributed by atoms with Crippen LogP contribution in [0.15, 0.2) is 132 Å². The normalized spacial score (nSPS) is 10.5. The third kappa shape index (κ3) is 5.79. The van der Waals surface area contributed by atoms with Crippen LogP contribution in [0.5, 0.6) is 0 Å². The van der Waals surface area contributed by atoms with E-state index in [2.05, 4.69) is 71.5 Å². The van der Waals surface area contributed by atoms with Gasteiger partial charge in [0.15, 0.2) is 0 Å². The van der Waals surface area contributed by atoms with Crippen LogP contribution in [0.2, 0.25) is 0 Å². The number of rotatable bonds is 4. The fraction of sp³-hybridized carbons (Fsp3) is 0.0556. The Morgan fingerprint density at radius 2 is 1.48 bits per heavy atom. The van der Waals surface area contributed by atoms with Crippen molar-refractivity contribution in [1.29, 1.82) is 0 Å². The minimum Gasteiger partial charge on any atom is -0.500 e. The van der Waals surface area contributed by atoms with Crippen LogP contribution in [-0.4, -0.2) is 9.97 Å². The van der Waals surface area contributed by atoms with Crippen molar-refractivity contribution >= 4 is 21.9 Å².